The first kappa shape index (κ1) is 21.3. The average Bonchev–Trinajstić information content (AvgIpc) is 2.67. The van der Waals surface area contributed by atoms with E-state index in [1.165, 1.54) is 70.3 Å². The molecule has 3 heteroatoms. The third-order valence-electron chi connectivity index (χ3n) is 7.77. The summed E-state index contributed by atoms with van der Waals surface area (Å²) in [5, 5.41) is 0. The minimum Gasteiger partial charge on any atom is -0.378 e. The molecule has 156 valence electrons. The van der Waals surface area contributed by atoms with Crippen molar-refractivity contribution >= 4 is 0 Å². The van der Waals surface area contributed by atoms with Crippen LogP contribution in [0.1, 0.15) is 96.8 Å². The Morgan fingerprint density at radius 2 is 1.48 bits per heavy atom. The summed E-state index contributed by atoms with van der Waals surface area (Å²) >= 11 is 0. The third kappa shape index (κ3) is 7.15. The Labute approximate surface area is 165 Å². The van der Waals surface area contributed by atoms with Crippen molar-refractivity contribution in [1.82, 2.24) is 0 Å². The lowest BCUT2D eigenvalue weighted by molar-refractivity contribution is -0.0421. The van der Waals surface area contributed by atoms with Gasteiger partial charge in [-0.05, 0) is 80.6 Å². The SMILES string of the molecule is CC1CCC(CCCCC2CCC(C3CCC(C=C(F)F)CC3)CO2)CC1. The fourth-order valence-electron chi connectivity index (χ4n) is 5.81. The zero-order valence-electron chi connectivity index (χ0n) is 17.3. The van der Waals surface area contributed by atoms with Crippen molar-refractivity contribution in [2.24, 2.45) is 29.6 Å². The van der Waals surface area contributed by atoms with Crippen LogP contribution in [0.25, 0.3) is 0 Å². The van der Waals surface area contributed by atoms with Gasteiger partial charge in [0.15, 0.2) is 0 Å². The second-order valence-electron chi connectivity index (χ2n) is 9.83. The van der Waals surface area contributed by atoms with E-state index in [1.54, 1.807) is 0 Å². The zero-order chi connectivity index (χ0) is 19.1. The van der Waals surface area contributed by atoms with Crippen LogP contribution in [0.2, 0.25) is 0 Å². The molecular formula is C24H40F2O. The molecule has 0 aromatic carbocycles. The van der Waals surface area contributed by atoms with Gasteiger partial charge in [0.05, 0.1) is 12.7 Å². The van der Waals surface area contributed by atoms with Gasteiger partial charge in [-0.3, -0.25) is 0 Å². The predicted molar refractivity (Wildman–Crippen MR) is 108 cm³/mol. The molecule has 2 unspecified atom stereocenters. The number of ether oxygens (including phenoxy) is 1. The number of unbranched alkanes of at least 4 members (excludes halogenated alkanes) is 1. The Kier molecular flexibility index (Phi) is 8.61. The van der Waals surface area contributed by atoms with Crippen molar-refractivity contribution in [2.45, 2.75) is 103 Å². The Balaban J connectivity index is 1.25. The monoisotopic (exact) mass is 382 g/mol. The van der Waals surface area contributed by atoms with Crippen molar-refractivity contribution in [3.05, 3.63) is 12.2 Å². The molecule has 2 saturated carbocycles. The molecule has 1 heterocycles. The molecule has 3 rings (SSSR count). The number of hydrogen-bond acceptors (Lipinski definition) is 1. The van der Waals surface area contributed by atoms with E-state index in [-0.39, 0.29) is 5.92 Å². The van der Waals surface area contributed by atoms with E-state index in [2.05, 4.69) is 6.92 Å². The number of halogens is 2. The summed E-state index contributed by atoms with van der Waals surface area (Å²) in [6, 6.07) is 0. The number of rotatable bonds is 7. The van der Waals surface area contributed by atoms with E-state index in [1.807, 2.05) is 0 Å². The molecule has 1 saturated heterocycles. The number of hydrogen-bond donors (Lipinski definition) is 0. The van der Waals surface area contributed by atoms with Crippen LogP contribution in [-0.4, -0.2) is 12.7 Å². The summed E-state index contributed by atoms with van der Waals surface area (Å²) in [7, 11) is 0. The molecule has 0 radical (unpaired) electrons. The summed E-state index contributed by atoms with van der Waals surface area (Å²) < 4.78 is 31.0. The fourth-order valence-corrected chi connectivity index (χ4v) is 5.81. The van der Waals surface area contributed by atoms with Gasteiger partial charge in [-0.1, -0.05) is 51.9 Å². The van der Waals surface area contributed by atoms with Crippen LogP contribution >= 0.6 is 0 Å². The normalized spacial score (nSPS) is 37.7. The van der Waals surface area contributed by atoms with E-state index in [0.29, 0.717) is 17.9 Å². The quantitative estimate of drug-likeness (QED) is 0.409. The molecule has 27 heavy (non-hydrogen) atoms. The van der Waals surface area contributed by atoms with E-state index >= 15 is 0 Å². The van der Waals surface area contributed by atoms with Crippen LogP contribution in [-0.2, 0) is 4.74 Å². The van der Waals surface area contributed by atoms with Crippen molar-refractivity contribution < 1.29 is 13.5 Å². The van der Waals surface area contributed by atoms with Gasteiger partial charge in [0, 0.05) is 0 Å². The van der Waals surface area contributed by atoms with Gasteiger partial charge in [0.2, 0.25) is 0 Å². The molecule has 0 aromatic rings. The minimum absolute atomic E-state index is 0.107. The molecule has 0 N–H and O–H groups in total. The lowest BCUT2D eigenvalue weighted by Gasteiger charge is -2.37. The summed E-state index contributed by atoms with van der Waals surface area (Å²) in [6.07, 6.45) is 17.9. The molecule has 0 bridgehead atoms. The molecule has 0 spiro atoms. The van der Waals surface area contributed by atoms with Gasteiger partial charge in [-0.2, -0.15) is 8.78 Å². The van der Waals surface area contributed by atoms with E-state index in [4.69, 9.17) is 4.74 Å². The third-order valence-corrected chi connectivity index (χ3v) is 7.77. The molecular weight excluding hydrogens is 342 g/mol. The highest BCUT2D eigenvalue weighted by Crippen LogP contribution is 2.39. The first-order valence-corrected chi connectivity index (χ1v) is 11.7. The summed E-state index contributed by atoms with van der Waals surface area (Å²) in [4.78, 5) is 0. The van der Waals surface area contributed by atoms with Crippen LogP contribution < -0.4 is 0 Å². The summed E-state index contributed by atoms with van der Waals surface area (Å²) in [5.74, 6) is 3.43. The van der Waals surface area contributed by atoms with E-state index in [9.17, 15) is 8.78 Å². The average molecular weight is 383 g/mol. The van der Waals surface area contributed by atoms with Gasteiger partial charge < -0.3 is 4.74 Å². The van der Waals surface area contributed by atoms with Gasteiger partial charge in [0.1, 0.15) is 0 Å². The van der Waals surface area contributed by atoms with Gasteiger partial charge in [-0.15, -0.1) is 0 Å². The van der Waals surface area contributed by atoms with Crippen molar-refractivity contribution in [3.63, 3.8) is 0 Å². The maximum absolute atomic E-state index is 12.4. The smallest absolute Gasteiger partial charge is 0.266 e. The highest BCUT2D eigenvalue weighted by atomic mass is 19.3. The first-order chi connectivity index (χ1) is 13.1. The lowest BCUT2D eigenvalue weighted by Crippen LogP contribution is -2.32. The standard InChI is InChI=1S/C24H40F2O/c1-18-6-8-19(9-7-18)4-2-3-5-23-15-14-22(17-27-23)21-12-10-20(11-13-21)16-24(25)26/h16,18-23H,2-15,17H2,1H3. The molecule has 0 amide bonds. The molecule has 1 nitrogen and oxygen atoms in total. The van der Waals surface area contributed by atoms with Gasteiger partial charge in [-0.25, -0.2) is 0 Å². The van der Waals surface area contributed by atoms with Crippen molar-refractivity contribution in [2.75, 3.05) is 6.61 Å². The zero-order valence-corrected chi connectivity index (χ0v) is 17.3. The Hall–Kier alpha value is -0.440. The topological polar surface area (TPSA) is 9.23 Å². The maximum Gasteiger partial charge on any atom is 0.266 e. The maximum atomic E-state index is 12.4. The number of allylic oxidation sites excluding steroid dienone is 1. The molecule has 1 aliphatic heterocycles. The van der Waals surface area contributed by atoms with Crippen LogP contribution in [0.5, 0.6) is 0 Å². The Bertz CT molecular complexity index is 435. The van der Waals surface area contributed by atoms with Crippen molar-refractivity contribution in [3.8, 4) is 0 Å². The van der Waals surface area contributed by atoms with Crippen molar-refractivity contribution in [1.29, 1.82) is 0 Å². The first-order valence-electron chi connectivity index (χ1n) is 11.7. The van der Waals surface area contributed by atoms with Crippen LogP contribution in [0.4, 0.5) is 8.78 Å². The summed E-state index contributed by atoms with van der Waals surface area (Å²) in [6.45, 7) is 3.31. The highest BCUT2D eigenvalue weighted by Gasteiger charge is 2.31. The summed E-state index contributed by atoms with van der Waals surface area (Å²) in [5.41, 5.74) is 0. The second kappa shape index (κ2) is 10.9. The molecule has 0 aromatic heterocycles. The predicted octanol–water partition coefficient (Wildman–Crippen LogP) is 7.76. The second-order valence-corrected chi connectivity index (χ2v) is 9.83. The largest absolute Gasteiger partial charge is 0.378 e. The van der Waals surface area contributed by atoms with Crippen LogP contribution in [0, 0.1) is 29.6 Å². The van der Waals surface area contributed by atoms with Crippen LogP contribution in [0.15, 0.2) is 12.2 Å². The van der Waals surface area contributed by atoms with Gasteiger partial charge >= 0.3 is 0 Å². The lowest BCUT2D eigenvalue weighted by atomic mass is 9.73. The minimum atomic E-state index is -1.50. The Morgan fingerprint density at radius 3 is 2.11 bits per heavy atom. The molecule has 2 atom stereocenters. The van der Waals surface area contributed by atoms with Crippen LogP contribution in [0.3, 0.4) is 0 Å². The fraction of sp³-hybridized carbons (Fsp3) is 0.917. The molecule has 3 aliphatic rings. The van der Waals surface area contributed by atoms with E-state index in [0.717, 1.165) is 44.1 Å². The highest BCUT2D eigenvalue weighted by molar-refractivity contribution is 4.92. The molecule has 3 fully saturated rings. The Morgan fingerprint density at radius 1 is 0.815 bits per heavy atom. The van der Waals surface area contributed by atoms with Gasteiger partial charge in [0.25, 0.3) is 6.08 Å². The van der Waals surface area contributed by atoms with E-state index < -0.39 is 6.08 Å². The molecule has 2 aliphatic carbocycles.